The van der Waals surface area contributed by atoms with E-state index in [1.165, 1.54) is 18.4 Å². The number of rotatable bonds is 5. The van der Waals surface area contributed by atoms with Crippen molar-refractivity contribution in [1.82, 2.24) is 9.55 Å². The molecule has 124 valence electrons. The molecule has 0 atom stereocenters. The van der Waals surface area contributed by atoms with Gasteiger partial charge in [-0.1, -0.05) is 6.92 Å². The Bertz CT molecular complexity index is 863. The predicted octanol–water partition coefficient (Wildman–Crippen LogP) is 2.14. The number of carboxylic acids is 2. The van der Waals surface area contributed by atoms with E-state index in [9.17, 15) is 24.6 Å². The highest BCUT2D eigenvalue weighted by Crippen LogP contribution is 2.28. The lowest BCUT2D eigenvalue weighted by Crippen LogP contribution is -2.36. The smallest absolute Gasteiger partial charge is 0.346 e. The van der Waals surface area contributed by atoms with Crippen molar-refractivity contribution in [2.24, 2.45) is 5.41 Å². The molecular weight excluding hydrogens is 320 g/mol. The van der Waals surface area contributed by atoms with E-state index in [0.717, 1.165) is 11.3 Å². The number of fused-ring (bicyclic) bond motifs is 1. The minimum atomic E-state index is -1.14. The van der Waals surface area contributed by atoms with E-state index in [-0.39, 0.29) is 22.4 Å². The number of aliphatic carboxylic acids is 1. The van der Waals surface area contributed by atoms with Gasteiger partial charge in [0.1, 0.15) is 15.5 Å². The SMILES string of the molecule is CCc1nc2sc(C(=O)O)c(C)c2c(=O)n1CC(C)(C)C(=O)O. The lowest BCUT2D eigenvalue weighted by atomic mass is 9.93. The van der Waals surface area contributed by atoms with Gasteiger partial charge >= 0.3 is 11.9 Å². The van der Waals surface area contributed by atoms with Gasteiger partial charge in [0.2, 0.25) is 0 Å². The highest BCUT2D eigenvalue weighted by atomic mass is 32.1. The fourth-order valence-electron chi connectivity index (χ4n) is 2.36. The van der Waals surface area contributed by atoms with Crippen LogP contribution in [-0.2, 0) is 17.8 Å². The molecule has 2 rings (SSSR count). The van der Waals surface area contributed by atoms with Gasteiger partial charge in [-0.05, 0) is 26.3 Å². The summed E-state index contributed by atoms with van der Waals surface area (Å²) < 4.78 is 1.35. The summed E-state index contributed by atoms with van der Waals surface area (Å²) in [6.07, 6.45) is 0.445. The third-order valence-corrected chi connectivity index (χ3v) is 4.95. The van der Waals surface area contributed by atoms with Gasteiger partial charge in [-0.2, -0.15) is 0 Å². The third kappa shape index (κ3) is 2.86. The minimum Gasteiger partial charge on any atom is -0.481 e. The van der Waals surface area contributed by atoms with E-state index in [0.29, 0.717) is 22.6 Å². The summed E-state index contributed by atoms with van der Waals surface area (Å²) in [6.45, 7) is 6.44. The minimum absolute atomic E-state index is 0.0228. The first-order valence-electron chi connectivity index (χ1n) is 7.09. The lowest BCUT2D eigenvalue weighted by Gasteiger charge is -2.22. The molecule has 8 heteroatoms. The number of carboxylic acid groups (broad SMARTS) is 2. The van der Waals surface area contributed by atoms with Crippen molar-refractivity contribution in [1.29, 1.82) is 0 Å². The van der Waals surface area contributed by atoms with Crippen LogP contribution in [0.4, 0.5) is 0 Å². The number of nitrogens with zero attached hydrogens (tertiary/aromatic N) is 2. The normalized spacial score (nSPS) is 11.8. The molecule has 2 heterocycles. The van der Waals surface area contributed by atoms with Crippen LogP contribution in [0, 0.1) is 12.3 Å². The predicted molar refractivity (Wildman–Crippen MR) is 86.4 cm³/mol. The van der Waals surface area contributed by atoms with Gasteiger partial charge in [0.05, 0.1) is 10.8 Å². The average molecular weight is 338 g/mol. The highest BCUT2D eigenvalue weighted by Gasteiger charge is 2.30. The second-order valence-electron chi connectivity index (χ2n) is 6.00. The zero-order valence-corrected chi connectivity index (χ0v) is 14.2. The fourth-order valence-corrected chi connectivity index (χ4v) is 3.39. The Labute approximate surface area is 136 Å². The molecule has 0 spiro atoms. The molecule has 7 nitrogen and oxygen atoms in total. The van der Waals surface area contributed by atoms with E-state index in [2.05, 4.69) is 4.98 Å². The van der Waals surface area contributed by atoms with Crippen molar-refractivity contribution >= 4 is 33.5 Å². The number of aryl methyl sites for hydroxylation is 2. The third-order valence-electron chi connectivity index (χ3n) is 3.77. The summed E-state index contributed by atoms with van der Waals surface area (Å²) in [4.78, 5) is 40.3. The number of hydrogen-bond donors (Lipinski definition) is 2. The molecule has 2 aromatic heterocycles. The van der Waals surface area contributed by atoms with Crippen LogP contribution < -0.4 is 5.56 Å². The van der Waals surface area contributed by atoms with E-state index < -0.39 is 17.4 Å². The topological polar surface area (TPSA) is 109 Å². The molecule has 0 aliphatic carbocycles. The van der Waals surface area contributed by atoms with Crippen LogP contribution in [0.3, 0.4) is 0 Å². The monoisotopic (exact) mass is 338 g/mol. The summed E-state index contributed by atoms with van der Waals surface area (Å²) in [6, 6.07) is 0. The number of thiophene rings is 1. The van der Waals surface area contributed by atoms with E-state index in [1.54, 1.807) is 6.92 Å². The number of aromatic carboxylic acids is 1. The Kier molecular flexibility index (Phi) is 4.30. The van der Waals surface area contributed by atoms with E-state index >= 15 is 0 Å². The van der Waals surface area contributed by atoms with Crippen LogP contribution in [0.5, 0.6) is 0 Å². The molecule has 0 unspecified atom stereocenters. The Morgan fingerprint density at radius 3 is 2.39 bits per heavy atom. The molecule has 0 aromatic carbocycles. The van der Waals surface area contributed by atoms with Crippen molar-refractivity contribution in [2.75, 3.05) is 0 Å². The van der Waals surface area contributed by atoms with Crippen molar-refractivity contribution in [3.63, 3.8) is 0 Å². The molecular formula is C15H18N2O5S. The molecule has 0 fully saturated rings. The summed E-state index contributed by atoms with van der Waals surface area (Å²) in [5.41, 5.74) is -1.15. The maximum absolute atomic E-state index is 12.8. The van der Waals surface area contributed by atoms with Gasteiger partial charge < -0.3 is 10.2 Å². The Balaban J connectivity index is 2.77. The maximum Gasteiger partial charge on any atom is 0.346 e. The first-order valence-corrected chi connectivity index (χ1v) is 7.91. The zero-order chi connectivity index (χ0) is 17.5. The van der Waals surface area contributed by atoms with Crippen molar-refractivity contribution < 1.29 is 19.8 Å². The van der Waals surface area contributed by atoms with Gasteiger partial charge in [-0.25, -0.2) is 9.78 Å². The van der Waals surface area contributed by atoms with Gasteiger partial charge in [0.25, 0.3) is 5.56 Å². The molecule has 0 saturated heterocycles. The highest BCUT2D eigenvalue weighted by molar-refractivity contribution is 7.20. The maximum atomic E-state index is 12.8. The molecule has 0 amide bonds. The molecule has 0 saturated carbocycles. The number of aromatic nitrogens is 2. The quantitative estimate of drug-likeness (QED) is 0.864. The zero-order valence-electron chi connectivity index (χ0n) is 13.3. The first kappa shape index (κ1) is 17.1. The average Bonchev–Trinajstić information content (AvgIpc) is 2.78. The molecule has 23 heavy (non-hydrogen) atoms. The summed E-state index contributed by atoms with van der Waals surface area (Å²) in [5, 5.41) is 18.8. The van der Waals surface area contributed by atoms with Crippen LogP contribution in [0.1, 0.15) is 41.8 Å². The number of hydrogen-bond acceptors (Lipinski definition) is 5. The summed E-state index contributed by atoms with van der Waals surface area (Å²) in [7, 11) is 0. The fraction of sp³-hybridized carbons (Fsp3) is 0.467. The van der Waals surface area contributed by atoms with Crippen LogP contribution in [0.2, 0.25) is 0 Å². The van der Waals surface area contributed by atoms with Gasteiger partial charge in [-0.15, -0.1) is 11.3 Å². The number of carbonyl (C=O) groups is 2. The van der Waals surface area contributed by atoms with Gasteiger partial charge in [0, 0.05) is 13.0 Å². The van der Waals surface area contributed by atoms with Crippen LogP contribution in [0.25, 0.3) is 10.2 Å². The first-order chi connectivity index (χ1) is 10.6. The van der Waals surface area contributed by atoms with Crippen molar-refractivity contribution in [3.8, 4) is 0 Å². The second-order valence-corrected chi connectivity index (χ2v) is 7.00. The lowest BCUT2D eigenvalue weighted by molar-refractivity contribution is -0.147. The molecule has 0 aliphatic heterocycles. The standard InChI is InChI=1S/C15H18N2O5S/c1-5-8-16-11-9(7(2)10(23-11)13(19)20)12(18)17(8)6-15(3,4)14(21)22/h5-6H2,1-4H3,(H,19,20)(H,21,22). The summed E-state index contributed by atoms with van der Waals surface area (Å²) in [5.74, 6) is -1.66. The molecule has 0 radical (unpaired) electrons. The molecule has 2 aromatic rings. The Morgan fingerprint density at radius 1 is 1.30 bits per heavy atom. The van der Waals surface area contributed by atoms with Gasteiger partial charge in [-0.3, -0.25) is 14.2 Å². The van der Waals surface area contributed by atoms with Crippen molar-refractivity contribution in [2.45, 2.75) is 40.7 Å². The van der Waals surface area contributed by atoms with Crippen LogP contribution in [-0.4, -0.2) is 31.7 Å². The molecule has 0 bridgehead atoms. The van der Waals surface area contributed by atoms with Crippen molar-refractivity contribution in [3.05, 3.63) is 26.6 Å². The summed E-state index contributed by atoms with van der Waals surface area (Å²) >= 11 is 0.968. The van der Waals surface area contributed by atoms with E-state index in [4.69, 9.17) is 0 Å². The van der Waals surface area contributed by atoms with E-state index in [1.807, 2.05) is 6.92 Å². The van der Waals surface area contributed by atoms with Crippen LogP contribution in [0.15, 0.2) is 4.79 Å². The second kappa shape index (κ2) is 5.77. The Morgan fingerprint density at radius 2 is 1.91 bits per heavy atom. The van der Waals surface area contributed by atoms with Gasteiger partial charge in [0.15, 0.2) is 0 Å². The largest absolute Gasteiger partial charge is 0.481 e. The Hall–Kier alpha value is -2.22. The van der Waals surface area contributed by atoms with Crippen LogP contribution >= 0.6 is 11.3 Å². The molecule has 0 aliphatic rings. The molecule has 2 N–H and O–H groups in total.